The van der Waals surface area contributed by atoms with Gasteiger partial charge in [-0.15, -0.1) is 0 Å². The Morgan fingerprint density at radius 3 is 2.93 bits per heavy atom. The number of oxazole rings is 1. The van der Waals surface area contributed by atoms with Gasteiger partial charge in [0.2, 0.25) is 0 Å². The minimum absolute atomic E-state index is 0.453. The van der Waals surface area contributed by atoms with Crippen molar-refractivity contribution in [1.82, 2.24) is 14.7 Å². The second-order valence-electron chi connectivity index (χ2n) is 6.50. The lowest BCUT2D eigenvalue weighted by molar-refractivity contribution is 0.134. The topological polar surface area (TPSA) is 75.1 Å². The quantitative estimate of drug-likeness (QED) is 0.203. The number of aromatic nitrogens is 2. The van der Waals surface area contributed by atoms with Gasteiger partial charge in [0.05, 0.1) is 16.5 Å². The lowest BCUT2D eigenvalue weighted by Crippen LogP contribution is -2.23. The second kappa shape index (κ2) is 8.46. The predicted octanol–water partition coefficient (Wildman–Crippen LogP) is 4.21. The summed E-state index contributed by atoms with van der Waals surface area (Å²) in [6, 6.07) is 14.3. The van der Waals surface area contributed by atoms with E-state index >= 15 is 0 Å². The summed E-state index contributed by atoms with van der Waals surface area (Å²) in [4.78, 5) is 8.50. The van der Waals surface area contributed by atoms with Crippen molar-refractivity contribution in [3.05, 3.63) is 60.6 Å². The zero-order valence-electron chi connectivity index (χ0n) is 15.2. The van der Waals surface area contributed by atoms with Crippen molar-refractivity contribution in [3.63, 3.8) is 0 Å². The molecule has 1 unspecified atom stereocenters. The molecule has 0 spiro atoms. The highest BCUT2D eigenvalue weighted by atomic mass is 32.1. The Balaban J connectivity index is 1.61. The van der Waals surface area contributed by atoms with E-state index < -0.39 is 6.23 Å². The molecule has 142 valence electrons. The van der Waals surface area contributed by atoms with Crippen LogP contribution < -0.4 is 5.32 Å². The first-order valence-corrected chi connectivity index (χ1v) is 9.58. The Bertz CT molecular complexity index is 1140. The molecule has 2 aromatic carbocycles. The molecule has 0 amide bonds. The molecule has 4 aromatic rings. The molecule has 0 saturated carbocycles. The van der Waals surface area contributed by atoms with Crippen molar-refractivity contribution >= 4 is 34.0 Å². The molecule has 0 aliphatic heterocycles. The van der Waals surface area contributed by atoms with Gasteiger partial charge >= 0.3 is 5.84 Å². The van der Waals surface area contributed by atoms with Crippen molar-refractivity contribution in [2.24, 2.45) is 4.99 Å². The number of unbranched alkanes of at least 4 members (excludes halogenated alkanes) is 1. The van der Waals surface area contributed by atoms with Crippen LogP contribution in [-0.4, -0.2) is 32.7 Å². The van der Waals surface area contributed by atoms with Crippen LogP contribution in [0.2, 0.25) is 0 Å². The van der Waals surface area contributed by atoms with Crippen LogP contribution >= 0.6 is 12.2 Å². The van der Waals surface area contributed by atoms with Gasteiger partial charge in [-0.1, -0.05) is 36.4 Å². The SMILES string of the molecule is OC(NCCCCN=C=S)c1c(-c2ccc3ccccc3c2)nc2occn12. The molecule has 0 fully saturated rings. The Labute approximate surface area is 167 Å². The number of aliphatic hydroxyl groups is 1. The van der Waals surface area contributed by atoms with Gasteiger partial charge in [0.25, 0.3) is 0 Å². The summed E-state index contributed by atoms with van der Waals surface area (Å²) < 4.78 is 7.23. The van der Waals surface area contributed by atoms with E-state index in [0.29, 0.717) is 30.3 Å². The van der Waals surface area contributed by atoms with E-state index in [0.717, 1.165) is 29.2 Å². The number of hydrogen-bond donors (Lipinski definition) is 2. The van der Waals surface area contributed by atoms with Crippen molar-refractivity contribution < 1.29 is 9.52 Å². The maximum absolute atomic E-state index is 10.8. The largest absolute Gasteiger partial charge is 0.432 e. The molecular formula is C21H20N4O2S. The fourth-order valence-corrected chi connectivity index (χ4v) is 3.40. The molecule has 2 aromatic heterocycles. The first-order chi connectivity index (χ1) is 13.8. The van der Waals surface area contributed by atoms with E-state index in [-0.39, 0.29) is 0 Å². The number of benzene rings is 2. The number of aliphatic imine (C=N–C) groups is 1. The van der Waals surface area contributed by atoms with Gasteiger partial charge in [-0.25, -0.2) is 4.99 Å². The van der Waals surface area contributed by atoms with Crippen LogP contribution in [0.25, 0.3) is 27.9 Å². The Morgan fingerprint density at radius 1 is 1.21 bits per heavy atom. The average molecular weight is 392 g/mol. The average Bonchev–Trinajstić information content (AvgIpc) is 3.31. The molecule has 0 aliphatic rings. The third kappa shape index (κ3) is 3.74. The zero-order chi connectivity index (χ0) is 19.3. The number of isothiocyanates is 1. The first-order valence-electron chi connectivity index (χ1n) is 9.17. The molecule has 0 bridgehead atoms. The van der Waals surface area contributed by atoms with Gasteiger partial charge in [-0.3, -0.25) is 9.72 Å². The Morgan fingerprint density at radius 2 is 2.07 bits per heavy atom. The van der Waals surface area contributed by atoms with Crippen LogP contribution in [0, 0.1) is 0 Å². The standard InChI is InChI=1S/C21H20N4O2S/c26-20(23-10-4-3-9-22-14-28)19-18(24-21-25(19)11-12-27-21)17-8-7-15-5-1-2-6-16(15)13-17/h1-2,5-8,11-13,20,23,26H,3-4,9-10H2. The molecule has 0 aliphatic carbocycles. The van der Waals surface area contributed by atoms with Crippen molar-refractivity contribution in [2.75, 3.05) is 13.1 Å². The summed E-state index contributed by atoms with van der Waals surface area (Å²) in [5.41, 5.74) is 2.30. The lowest BCUT2D eigenvalue weighted by Gasteiger charge is -2.14. The van der Waals surface area contributed by atoms with Gasteiger partial charge in [-0.2, -0.15) is 4.98 Å². The van der Waals surface area contributed by atoms with Crippen LogP contribution in [0.1, 0.15) is 24.8 Å². The summed E-state index contributed by atoms with van der Waals surface area (Å²) in [5.74, 6) is 0.453. The fourth-order valence-electron chi connectivity index (χ4n) is 3.31. The summed E-state index contributed by atoms with van der Waals surface area (Å²) in [5, 5.41) is 18.6. The summed E-state index contributed by atoms with van der Waals surface area (Å²) >= 11 is 4.56. The van der Waals surface area contributed by atoms with Gasteiger partial charge in [-0.05, 0) is 48.4 Å². The van der Waals surface area contributed by atoms with Crippen LogP contribution in [0.5, 0.6) is 0 Å². The number of imidazole rings is 1. The van der Waals surface area contributed by atoms with E-state index in [1.807, 2.05) is 18.2 Å². The van der Waals surface area contributed by atoms with Crippen molar-refractivity contribution in [1.29, 1.82) is 0 Å². The molecule has 28 heavy (non-hydrogen) atoms. The second-order valence-corrected chi connectivity index (χ2v) is 6.68. The maximum atomic E-state index is 10.8. The first kappa shape index (κ1) is 18.5. The summed E-state index contributed by atoms with van der Waals surface area (Å²) in [6.45, 7) is 1.30. The van der Waals surface area contributed by atoms with Crippen molar-refractivity contribution in [3.8, 4) is 11.3 Å². The molecule has 6 nitrogen and oxygen atoms in total. The van der Waals surface area contributed by atoms with E-state index in [1.165, 1.54) is 0 Å². The summed E-state index contributed by atoms with van der Waals surface area (Å²) in [7, 11) is 0. The monoisotopic (exact) mass is 392 g/mol. The van der Waals surface area contributed by atoms with Gasteiger partial charge in [0.1, 0.15) is 12.5 Å². The minimum atomic E-state index is -0.872. The van der Waals surface area contributed by atoms with Crippen LogP contribution in [0.15, 0.2) is 64.3 Å². The van der Waals surface area contributed by atoms with E-state index in [9.17, 15) is 5.11 Å². The normalized spacial score (nSPS) is 12.3. The molecule has 1 atom stereocenters. The zero-order valence-corrected chi connectivity index (χ0v) is 16.0. The Kier molecular flexibility index (Phi) is 5.60. The van der Waals surface area contributed by atoms with Crippen molar-refractivity contribution in [2.45, 2.75) is 19.1 Å². The highest BCUT2D eigenvalue weighted by Gasteiger charge is 2.22. The number of nitrogens with one attached hydrogen (secondary N) is 1. The van der Waals surface area contributed by atoms with E-state index in [2.05, 4.69) is 56.9 Å². The predicted molar refractivity (Wildman–Crippen MR) is 112 cm³/mol. The highest BCUT2D eigenvalue weighted by molar-refractivity contribution is 7.78. The third-order valence-electron chi connectivity index (χ3n) is 4.68. The van der Waals surface area contributed by atoms with Crippen LogP contribution in [-0.2, 0) is 0 Å². The number of hydrogen-bond acceptors (Lipinski definition) is 6. The smallest absolute Gasteiger partial charge is 0.306 e. The maximum Gasteiger partial charge on any atom is 0.306 e. The molecule has 4 rings (SSSR count). The van der Waals surface area contributed by atoms with Gasteiger partial charge in [0, 0.05) is 18.3 Å². The molecule has 7 heteroatoms. The molecular weight excluding hydrogens is 372 g/mol. The van der Waals surface area contributed by atoms with E-state index in [4.69, 9.17) is 4.42 Å². The molecule has 0 radical (unpaired) electrons. The molecule has 2 N–H and O–H groups in total. The number of nitrogens with zero attached hydrogens (tertiary/aromatic N) is 3. The van der Waals surface area contributed by atoms with Gasteiger partial charge in [0.15, 0.2) is 0 Å². The molecule has 2 heterocycles. The number of fused-ring (bicyclic) bond motifs is 2. The number of aliphatic hydroxyl groups excluding tert-OH is 1. The number of rotatable bonds is 8. The minimum Gasteiger partial charge on any atom is -0.432 e. The lowest BCUT2D eigenvalue weighted by atomic mass is 10.0. The van der Waals surface area contributed by atoms with Crippen LogP contribution in [0.4, 0.5) is 0 Å². The van der Waals surface area contributed by atoms with Crippen LogP contribution in [0.3, 0.4) is 0 Å². The Hall–Kier alpha value is -2.83. The molecule has 0 saturated heterocycles. The summed E-state index contributed by atoms with van der Waals surface area (Å²) in [6.07, 6.45) is 4.21. The third-order valence-corrected chi connectivity index (χ3v) is 4.81. The van der Waals surface area contributed by atoms with Gasteiger partial charge < -0.3 is 9.52 Å². The number of thiocarbonyl (C=S) groups is 1. The fraction of sp³-hybridized carbons (Fsp3) is 0.238. The highest BCUT2D eigenvalue weighted by Crippen LogP contribution is 2.30. The van der Waals surface area contributed by atoms with E-state index in [1.54, 1.807) is 16.9 Å².